The molecule has 2 aromatic heterocycles. The first-order chi connectivity index (χ1) is 11.0. The van der Waals surface area contributed by atoms with Gasteiger partial charge < -0.3 is 5.32 Å². The largest absolute Gasteiger partial charge is 0.320 e. The Morgan fingerprint density at radius 2 is 2.39 bits per heavy atom. The minimum absolute atomic E-state index is 0.112. The van der Waals surface area contributed by atoms with Crippen molar-refractivity contribution in [3.63, 3.8) is 0 Å². The van der Waals surface area contributed by atoms with E-state index in [1.807, 2.05) is 0 Å². The molecule has 0 radical (unpaired) electrons. The smallest absolute Gasteiger partial charge is 0.302 e. The van der Waals surface area contributed by atoms with Crippen LogP contribution in [0.5, 0.6) is 0 Å². The van der Waals surface area contributed by atoms with Crippen molar-refractivity contribution in [2.75, 3.05) is 5.32 Å². The average molecular weight is 338 g/mol. The number of hydrogen-bond acceptors (Lipinski definition) is 4. The van der Waals surface area contributed by atoms with E-state index >= 15 is 0 Å². The third-order valence-corrected chi connectivity index (χ3v) is 4.75. The summed E-state index contributed by atoms with van der Waals surface area (Å²) in [5.74, 6) is 0.321. The first kappa shape index (κ1) is 15.8. The van der Waals surface area contributed by atoms with Crippen LogP contribution in [0.1, 0.15) is 31.5 Å². The van der Waals surface area contributed by atoms with Crippen molar-refractivity contribution in [1.82, 2.24) is 14.5 Å². The fourth-order valence-corrected chi connectivity index (χ4v) is 3.56. The molecule has 0 saturated heterocycles. The highest BCUT2D eigenvalue weighted by Crippen LogP contribution is 2.33. The van der Waals surface area contributed by atoms with Crippen LogP contribution in [0.15, 0.2) is 24.5 Å². The summed E-state index contributed by atoms with van der Waals surface area (Å²) in [6.07, 6.45) is 9.09. The standard InChI is InChI=1S/C15H16F2N4OS/c1-9-12(13-18-6-7-21(13)14(16)17)23-15(19-9)20-11(22)8-10-4-2-3-5-10/h2,4,6-7,10,14H,3,5,8H2,1H3,(H,19,20,22)/t10-/m1/s1. The molecule has 122 valence electrons. The average Bonchev–Trinajstić information content (AvgIpc) is 3.19. The van der Waals surface area contributed by atoms with Gasteiger partial charge in [0.15, 0.2) is 11.0 Å². The summed E-state index contributed by atoms with van der Waals surface area (Å²) < 4.78 is 26.7. The lowest BCUT2D eigenvalue weighted by atomic mass is 10.1. The molecule has 0 fully saturated rings. The van der Waals surface area contributed by atoms with E-state index in [-0.39, 0.29) is 17.6 Å². The van der Waals surface area contributed by atoms with E-state index in [9.17, 15) is 13.6 Å². The zero-order valence-corrected chi connectivity index (χ0v) is 13.3. The molecule has 1 N–H and O–H groups in total. The number of imidazole rings is 1. The molecule has 1 atom stereocenters. The molecule has 0 aliphatic heterocycles. The highest BCUT2D eigenvalue weighted by atomic mass is 32.1. The van der Waals surface area contributed by atoms with E-state index in [2.05, 4.69) is 27.4 Å². The van der Waals surface area contributed by atoms with Crippen LogP contribution < -0.4 is 5.32 Å². The third-order valence-electron chi connectivity index (χ3n) is 3.68. The van der Waals surface area contributed by atoms with Crippen LogP contribution in [0.2, 0.25) is 0 Å². The Morgan fingerprint density at radius 1 is 1.57 bits per heavy atom. The van der Waals surface area contributed by atoms with Crippen LogP contribution in [-0.4, -0.2) is 20.4 Å². The van der Waals surface area contributed by atoms with E-state index < -0.39 is 6.55 Å². The summed E-state index contributed by atoms with van der Waals surface area (Å²) in [6, 6.07) is 0. The molecule has 0 bridgehead atoms. The van der Waals surface area contributed by atoms with Crippen LogP contribution >= 0.6 is 11.3 Å². The van der Waals surface area contributed by atoms with Gasteiger partial charge in [0.1, 0.15) is 0 Å². The normalized spacial score (nSPS) is 17.1. The van der Waals surface area contributed by atoms with Crippen molar-refractivity contribution in [3.8, 4) is 10.7 Å². The number of aromatic nitrogens is 3. The number of carbonyl (C=O) groups is 1. The number of aryl methyl sites for hydroxylation is 1. The van der Waals surface area contributed by atoms with Gasteiger partial charge in [0, 0.05) is 18.8 Å². The number of thiazole rings is 1. The van der Waals surface area contributed by atoms with Gasteiger partial charge >= 0.3 is 6.55 Å². The zero-order chi connectivity index (χ0) is 16.4. The summed E-state index contributed by atoms with van der Waals surface area (Å²) in [5.41, 5.74) is 0.569. The molecule has 23 heavy (non-hydrogen) atoms. The third kappa shape index (κ3) is 3.47. The first-order valence-electron chi connectivity index (χ1n) is 7.30. The van der Waals surface area contributed by atoms with Crippen molar-refractivity contribution in [1.29, 1.82) is 0 Å². The van der Waals surface area contributed by atoms with Crippen molar-refractivity contribution in [3.05, 3.63) is 30.2 Å². The molecular formula is C15H16F2N4OS. The number of allylic oxidation sites excluding steroid dienone is 2. The second-order valence-corrected chi connectivity index (χ2v) is 6.39. The molecule has 2 heterocycles. The highest BCUT2D eigenvalue weighted by molar-refractivity contribution is 7.19. The topological polar surface area (TPSA) is 59.8 Å². The second-order valence-electron chi connectivity index (χ2n) is 5.39. The summed E-state index contributed by atoms with van der Waals surface area (Å²) in [7, 11) is 0. The summed E-state index contributed by atoms with van der Waals surface area (Å²) in [6.45, 7) is -0.952. The molecule has 0 spiro atoms. The van der Waals surface area contributed by atoms with Crippen LogP contribution in [0.4, 0.5) is 13.9 Å². The van der Waals surface area contributed by atoms with Gasteiger partial charge in [-0.05, 0) is 25.7 Å². The number of amides is 1. The van der Waals surface area contributed by atoms with Gasteiger partial charge in [-0.2, -0.15) is 8.78 Å². The van der Waals surface area contributed by atoms with Gasteiger partial charge in [-0.3, -0.25) is 9.36 Å². The number of nitrogens with zero attached hydrogens (tertiary/aromatic N) is 3. The Labute approximate surface area is 136 Å². The molecule has 0 aromatic carbocycles. The number of rotatable bonds is 5. The summed E-state index contributed by atoms with van der Waals surface area (Å²) in [5, 5.41) is 3.16. The summed E-state index contributed by atoms with van der Waals surface area (Å²) in [4.78, 5) is 20.8. The van der Waals surface area contributed by atoms with Crippen LogP contribution in [-0.2, 0) is 4.79 Å². The van der Waals surface area contributed by atoms with Crippen molar-refractivity contribution < 1.29 is 13.6 Å². The van der Waals surface area contributed by atoms with Gasteiger partial charge in [0.2, 0.25) is 5.91 Å². The fourth-order valence-electron chi connectivity index (χ4n) is 2.58. The van der Waals surface area contributed by atoms with Gasteiger partial charge in [-0.15, -0.1) is 0 Å². The number of halogens is 2. The van der Waals surface area contributed by atoms with Crippen LogP contribution in [0.3, 0.4) is 0 Å². The van der Waals surface area contributed by atoms with Crippen molar-refractivity contribution in [2.45, 2.75) is 32.7 Å². The zero-order valence-electron chi connectivity index (χ0n) is 12.5. The quantitative estimate of drug-likeness (QED) is 0.838. The molecule has 0 unspecified atom stereocenters. The fraction of sp³-hybridized carbons (Fsp3) is 0.400. The van der Waals surface area contributed by atoms with E-state index in [0.29, 0.717) is 22.1 Å². The molecule has 1 aliphatic carbocycles. The number of hydrogen-bond donors (Lipinski definition) is 1. The molecule has 3 rings (SSSR count). The highest BCUT2D eigenvalue weighted by Gasteiger charge is 2.20. The number of alkyl halides is 2. The predicted molar refractivity (Wildman–Crippen MR) is 84.4 cm³/mol. The first-order valence-corrected chi connectivity index (χ1v) is 8.11. The SMILES string of the molecule is Cc1nc(NC(=O)C[C@@H]2C=CCC2)sc1-c1nccn1C(F)F. The molecule has 0 saturated carbocycles. The Morgan fingerprint density at radius 3 is 3.09 bits per heavy atom. The maximum Gasteiger partial charge on any atom is 0.320 e. The van der Waals surface area contributed by atoms with Gasteiger partial charge in [-0.1, -0.05) is 23.5 Å². The van der Waals surface area contributed by atoms with Gasteiger partial charge in [0.05, 0.1) is 10.6 Å². The van der Waals surface area contributed by atoms with Crippen molar-refractivity contribution in [2.24, 2.45) is 5.92 Å². The van der Waals surface area contributed by atoms with Gasteiger partial charge in [-0.25, -0.2) is 9.97 Å². The number of anilines is 1. The maximum atomic E-state index is 13.0. The Hall–Kier alpha value is -2.09. The van der Waals surface area contributed by atoms with E-state index in [0.717, 1.165) is 28.7 Å². The molecule has 1 amide bonds. The number of carbonyl (C=O) groups excluding carboxylic acids is 1. The van der Waals surface area contributed by atoms with E-state index in [1.54, 1.807) is 6.92 Å². The number of nitrogens with one attached hydrogen (secondary N) is 1. The molecule has 5 nitrogen and oxygen atoms in total. The predicted octanol–water partition coefficient (Wildman–Crippen LogP) is 4.00. The Kier molecular flexibility index (Phi) is 4.51. The minimum Gasteiger partial charge on any atom is -0.302 e. The lowest BCUT2D eigenvalue weighted by Crippen LogP contribution is -2.14. The second kappa shape index (κ2) is 6.57. The lowest BCUT2D eigenvalue weighted by Gasteiger charge is -2.06. The molecular weight excluding hydrogens is 322 g/mol. The maximum absolute atomic E-state index is 13.0. The Balaban J connectivity index is 1.74. The van der Waals surface area contributed by atoms with E-state index in [4.69, 9.17) is 0 Å². The van der Waals surface area contributed by atoms with Crippen LogP contribution in [0.25, 0.3) is 10.7 Å². The molecule has 1 aliphatic rings. The molecule has 8 heteroatoms. The van der Waals surface area contributed by atoms with Crippen molar-refractivity contribution >= 4 is 22.4 Å². The lowest BCUT2D eigenvalue weighted by molar-refractivity contribution is -0.116. The van der Waals surface area contributed by atoms with Crippen LogP contribution in [0, 0.1) is 12.8 Å². The summed E-state index contributed by atoms with van der Waals surface area (Å²) >= 11 is 1.16. The monoisotopic (exact) mass is 338 g/mol. The minimum atomic E-state index is -2.67. The Bertz CT molecular complexity index is 738. The van der Waals surface area contributed by atoms with E-state index in [1.165, 1.54) is 12.4 Å². The van der Waals surface area contributed by atoms with Gasteiger partial charge in [0.25, 0.3) is 0 Å². The molecule has 2 aromatic rings.